The second-order valence-electron chi connectivity index (χ2n) is 4.40. The van der Waals surface area contributed by atoms with E-state index in [-0.39, 0.29) is 5.75 Å². The average molecular weight is 249 g/mol. The second-order valence-corrected chi connectivity index (χ2v) is 6.33. The summed E-state index contributed by atoms with van der Waals surface area (Å²) in [6.45, 7) is 2.37. The average Bonchev–Trinajstić information content (AvgIpc) is 2.62. The minimum Gasteiger partial charge on any atom is -0.320 e. The van der Waals surface area contributed by atoms with Gasteiger partial charge in [0, 0.05) is 12.6 Å². The maximum Gasteiger partial charge on any atom is 0.211 e. The van der Waals surface area contributed by atoms with Gasteiger partial charge in [-0.25, -0.2) is 13.1 Å². The molecule has 0 spiro atoms. The number of rotatable bonds is 7. The Hall–Kier alpha value is -0.170. The Morgan fingerprint density at radius 1 is 1.44 bits per heavy atom. The number of likely N-dealkylation sites (tertiary alicyclic amines) is 1. The van der Waals surface area contributed by atoms with Crippen molar-refractivity contribution >= 4 is 10.0 Å². The fourth-order valence-electron chi connectivity index (χ4n) is 1.97. The van der Waals surface area contributed by atoms with Gasteiger partial charge in [0.2, 0.25) is 10.0 Å². The molecule has 0 aliphatic carbocycles. The molecule has 1 heterocycles. The van der Waals surface area contributed by atoms with Crippen molar-refractivity contribution in [2.24, 2.45) is 0 Å². The van der Waals surface area contributed by atoms with E-state index in [2.05, 4.69) is 14.9 Å². The molecule has 1 atom stereocenters. The van der Waals surface area contributed by atoms with E-state index in [1.54, 1.807) is 0 Å². The Labute approximate surface area is 98.6 Å². The van der Waals surface area contributed by atoms with Gasteiger partial charge in [-0.3, -0.25) is 0 Å². The van der Waals surface area contributed by atoms with Crippen LogP contribution in [-0.4, -0.2) is 58.8 Å². The molecule has 0 saturated carbocycles. The predicted molar refractivity (Wildman–Crippen MR) is 66.0 cm³/mol. The number of sulfonamides is 1. The molecule has 1 saturated heterocycles. The molecular formula is C10H23N3O2S. The molecule has 1 aliphatic heterocycles. The molecule has 0 amide bonds. The van der Waals surface area contributed by atoms with E-state index in [0.717, 1.165) is 19.5 Å². The highest BCUT2D eigenvalue weighted by atomic mass is 32.2. The van der Waals surface area contributed by atoms with Crippen molar-refractivity contribution in [1.82, 2.24) is 14.9 Å². The van der Waals surface area contributed by atoms with Gasteiger partial charge in [0.25, 0.3) is 0 Å². The van der Waals surface area contributed by atoms with Gasteiger partial charge < -0.3 is 10.2 Å². The Morgan fingerprint density at radius 2 is 2.19 bits per heavy atom. The molecule has 5 nitrogen and oxygen atoms in total. The lowest BCUT2D eigenvalue weighted by atomic mass is 10.2. The van der Waals surface area contributed by atoms with E-state index in [9.17, 15) is 8.42 Å². The molecule has 96 valence electrons. The van der Waals surface area contributed by atoms with Crippen LogP contribution in [-0.2, 0) is 10.0 Å². The fraction of sp³-hybridized carbons (Fsp3) is 1.00. The summed E-state index contributed by atoms with van der Waals surface area (Å²) in [7, 11) is 0.794. The van der Waals surface area contributed by atoms with E-state index in [1.807, 2.05) is 14.1 Å². The van der Waals surface area contributed by atoms with Crippen LogP contribution in [0.15, 0.2) is 0 Å². The van der Waals surface area contributed by atoms with Gasteiger partial charge in [0.1, 0.15) is 0 Å². The molecule has 0 aromatic heterocycles. The van der Waals surface area contributed by atoms with Crippen molar-refractivity contribution < 1.29 is 8.42 Å². The van der Waals surface area contributed by atoms with Crippen LogP contribution < -0.4 is 10.0 Å². The van der Waals surface area contributed by atoms with Gasteiger partial charge in [-0.2, -0.15) is 0 Å². The summed E-state index contributed by atoms with van der Waals surface area (Å²) in [5.74, 6) is 0.213. The summed E-state index contributed by atoms with van der Waals surface area (Å²) in [5, 5.41) is 2.94. The molecule has 0 aromatic rings. The second kappa shape index (κ2) is 6.54. The van der Waals surface area contributed by atoms with Gasteiger partial charge in [0.05, 0.1) is 5.75 Å². The topological polar surface area (TPSA) is 61.4 Å². The van der Waals surface area contributed by atoms with Gasteiger partial charge in [-0.05, 0) is 46.4 Å². The number of nitrogens with zero attached hydrogens (tertiary/aromatic N) is 1. The van der Waals surface area contributed by atoms with E-state index < -0.39 is 10.0 Å². The monoisotopic (exact) mass is 249 g/mol. The molecule has 6 heteroatoms. The molecule has 0 radical (unpaired) electrons. The smallest absolute Gasteiger partial charge is 0.211 e. The van der Waals surface area contributed by atoms with E-state index in [4.69, 9.17) is 0 Å². The van der Waals surface area contributed by atoms with Crippen molar-refractivity contribution in [2.75, 3.05) is 39.5 Å². The summed E-state index contributed by atoms with van der Waals surface area (Å²) in [6, 6.07) is 0.374. The maximum atomic E-state index is 11.6. The quantitative estimate of drug-likeness (QED) is 0.603. The van der Waals surface area contributed by atoms with Gasteiger partial charge in [-0.15, -0.1) is 0 Å². The molecular weight excluding hydrogens is 226 g/mol. The van der Waals surface area contributed by atoms with Gasteiger partial charge >= 0.3 is 0 Å². The van der Waals surface area contributed by atoms with Gasteiger partial charge in [0.15, 0.2) is 0 Å². The third-order valence-electron chi connectivity index (χ3n) is 3.05. The van der Waals surface area contributed by atoms with E-state index in [0.29, 0.717) is 19.0 Å². The lowest BCUT2D eigenvalue weighted by Crippen LogP contribution is -2.39. The first-order valence-electron chi connectivity index (χ1n) is 5.87. The number of nitrogens with one attached hydrogen (secondary N) is 2. The van der Waals surface area contributed by atoms with Crippen molar-refractivity contribution in [3.05, 3.63) is 0 Å². The zero-order valence-corrected chi connectivity index (χ0v) is 11.0. The summed E-state index contributed by atoms with van der Waals surface area (Å²) >= 11 is 0. The zero-order chi connectivity index (χ0) is 12.0. The molecule has 2 N–H and O–H groups in total. The first-order valence-corrected chi connectivity index (χ1v) is 7.52. The Balaban J connectivity index is 2.24. The van der Waals surface area contributed by atoms with Crippen LogP contribution >= 0.6 is 0 Å². The minimum absolute atomic E-state index is 0.213. The van der Waals surface area contributed by atoms with Gasteiger partial charge in [-0.1, -0.05) is 0 Å². The van der Waals surface area contributed by atoms with Crippen LogP contribution in [0, 0.1) is 0 Å². The first-order chi connectivity index (χ1) is 7.55. The minimum atomic E-state index is -3.08. The van der Waals surface area contributed by atoms with Crippen LogP contribution in [0.4, 0.5) is 0 Å². The fourth-order valence-corrected chi connectivity index (χ4v) is 3.09. The number of likely N-dealkylation sites (N-methyl/N-ethyl adjacent to an activating group) is 1. The number of hydrogen-bond donors (Lipinski definition) is 2. The highest BCUT2D eigenvalue weighted by Crippen LogP contribution is 2.13. The Bertz CT molecular complexity index is 292. The van der Waals surface area contributed by atoms with Crippen molar-refractivity contribution in [3.8, 4) is 0 Å². The molecule has 0 bridgehead atoms. The normalized spacial score (nSPS) is 22.8. The highest BCUT2D eigenvalue weighted by Gasteiger charge is 2.22. The summed E-state index contributed by atoms with van der Waals surface area (Å²) in [5.41, 5.74) is 0. The summed E-state index contributed by atoms with van der Waals surface area (Å²) < 4.78 is 25.9. The SMILES string of the molecule is CNCCCS(=O)(=O)NCC1CCCN1C. The lowest BCUT2D eigenvalue weighted by Gasteiger charge is -2.19. The van der Waals surface area contributed by atoms with Crippen molar-refractivity contribution in [2.45, 2.75) is 25.3 Å². The molecule has 1 rings (SSSR count). The van der Waals surface area contributed by atoms with Crippen LogP contribution in [0.25, 0.3) is 0 Å². The Morgan fingerprint density at radius 3 is 2.75 bits per heavy atom. The molecule has 1 unspecified atom stereocenters. The predicted octanol–water partition coefficient (Wildman–Crippen LogP) is -0.390. The number of hydrogen-bond acceptors (Lipinski definition) is 4. The van der Waals surface area contributed by atoms with Crippen molar-refractivity contribution in [3.63, 3.8) is 0 Å². The largest absolute Gasteiger partial charge is 0.320 e. The molecule has 1 fully saturated rings. The van der Waals surface area contributed by atoms with Crippen LogP contribution in [0.1, 0.15) is 19.3 Å². The lowest BCUT2D eigenvalue weighted by molar-refractivity contribution is 0.311. The first kappa shape index (κ1) is 13.9. The third kappa shape index (κ3) is 4.78. The molecule has 0 aromatic carbocycles. The third-order valence-corrected chi connectivity index (χ3v) is 4.48. The zero-order valence-electron chi connectivity index (χ0n) is 10.2. The molecule has 1 aliphatic rings. The van der Waals surface area contributed by atoms with Crippen LogP contribution in [0.3, 0.4) is 0 Å². The van der Waals surface area contributed by atoms with Crippen LogP contribution in [0.2, 0.25) is 0 Å². The van der Waals surface area contributed by atoms with Crippen LogP contribution in [0.5, 0.6) is 0 Å². The Kier molecular flexibility index (Phi) is 5.68. The van der Waals surface area contributed by atoms with E-state index in [1.165, 1.54) is 6.42 Å². The standard InChI is InChI=1S/C10H23N3O2S/c1-11-6-4-8-16(14,15)12-9-10-5-3-7-13(10)2/h10-12H,3-9H2,1-2H3. The summed E-state index contributed by atoms with van der Waals surface area (Å²) in [6.07, 6.45) is 2.92. The maximum absolute atomic E-state index is 11.6. The van der Waals surface area contributed by atoms with E-state index >= 15 is 0 Å². The highest BCUT2D eigenvalue weighted by molar-refractivity contribution is 7.89. The molecule has 16 heavy (non-hydrogen) atoms. The van der Waals surface area contributed by atoms with Crippen molar-refractivity contribution in [1.29, 1.82) is 0 Å². The summed E-state index contributed by atoms with van der Waals surface area (Å²) in [4.78, 5) is 2.22.